The van der Waals surface area contributed by atoms with Crippen LogP contribution in [0.25, 0.3) is 0 Å². The lowest BCUT2D eigenvalue weighted by Crippen LogP contribution is -2.60. The van der Waals surface area contributed by atoms with Crippen molar-refractivity contribution in [1.82, 2.24) is 19.6 Å². The summed E-state index contributed by atoms with van der Waals surface area (Å²) in [6.45, 7) is 7.79. The van der Waals surface area contributed by atoms with Gasteiger partial charge in [0.05, 0.1) is 6.20 Å². The van der Waals surface area contributed by atoms with Gasteiger partial charge in [0, 0.05) is 43.8 Å². The van der Waals surface area contributed by atoms with Crippen molar-refractivity contribution in [2.45, 2.75) is 50.7 Å². The van der Waals surface area contributed by atoms with E-state index in [9.17, 15) is 4.39 Å². The van der Waals surface area contributed by atoms with E-state index in [4.69, 9.17) is 0 Å². The average molecular weight is 369 g/mol. The molecule has 1 aromatic heterocycles. The first-order chi connectivity index (χ1) is 13.2. The molecule has 27 heavy (non-hydrogen) atoms. The lowest BCUT2D eigenvalue weighted by molar-refractivity contribution is -0.00698. The SMILES string of the molecule is Cc1cnn(CCCN2C[C@H](c3ccc(F)cc3)[C@H]3[C@@H]2C2CCN3CC2)c1. The van der Waals surface area contributed by atoms with Gasteiger partial charge in [0.1, 0.15) is 5.82 Å². The largest absolute Gasteiger partial charge is 0.298 e. The third-order valence-electron chi connectivity index (χ3n) is 6.99. The Balaban J connectivity index is 1.33. The Morgan fingerprint density at radius 2 is 1.85 bits per heavy atom. The molecule has 4 fully saturated rings. The molecule has 0 aliphatic carbocycles. The van der Waals surface area contributed by atoms with Gasteiger partial charge in [-0.3, -0.25) is 14.5 Å². The Kier molecular flexibility index (Phi) is 4.52. The van der Waals surface area contributed by atoms with Gasteiger partial charge in [0.15, 0.2) is 0 Å². The van der Waals surface area contributed by atoms with Gasteiger partial charge in [0.2, 0.25) is 0 Å². The third-order valence-corrected chi connectivity index (χ3v) is 6.99. The summed E-state index contributed by atoms with van der Waals surface area (Å²) in [5.41, 5.74) is 2.54. The summed E-state index contributed by atoms with van der Waals surface area (Å²) in [4.78, 5) is 5.46. The number of aromatic nitrogens is 2. The zero-order valence-electron chi connectivity index (χ0n) is 16.1. The summed E-state index contributed by atoms with van der Waals surface area (Å²) < 4.78 is 15.5. The first kappa shape index (κ1) is 17.4. The highest BCUT2D eigenvalue weighted by molar-refractivity contribution is 5.27. The van der Waals surface area contributed by atoms with Crippen LogP contribution in [0.1, 0.15) is 36.3 Å². The zero-order chi connectivity index (χ0) is 18.4. The molecule has 4 aliphatic rings. The van der Waals surface area contributed by atoms with Gasteiger partial charge < -0.3 is 0 Å². The van der Waals surface area contributed by atoms with Gasteiger partial charge in [-0.15, -0.1) is 0 Å². The van der Waals surface area contributed by atoms with Gasteiger partial charge in [-0.2, -0.15) is 5.10 Å². The molecule has 4 aliphatic heterocycles. The molecule has 4 nitrogen and oxygen atoms in total. The fourth-order valence-corrected chi connectivity index (χ4v) is 5.82. The molecule has 3 atom stereocenters. The van der Waals surface area contributed by atoms with E-state index in [1.165, 1.54) is 37.1 Å². The molecule has 2 aromatic rings. The fraction of sp³-hybridized carbons (Fsp3) is 0.591. The predicted octanol–water partition coefficient (Wildman–Crippen LogP) is 3.28. The third kappa shape index (κ3) is 3.21. The Labute approximate surface area is 161 Å². The smallest absolute Gasteiger partial charge is 0.123 e. The second-order valence-electron chi connectivity index (χ2n) is 8.64. The summed E-state index contributed by atoms with van der Waals surface area (Å²) in [5, 5.41) is 4.42. The van der Waals surface area contributed by atoms with Crippen molar-refractivity contribution in [3.8, 4) is 0 Å². The maximum Gasteiger partial charge on any atom is 0.123 e. The van der Waals surface area contributed by atoms with Crippen LogP contribution < -0.4 is 0 Å². The van der Waals surface area contributed by atoms with Crippen molar-refractivity contribution < 1.29 is 4.39 Å². The Morgan fingerprint density at radius 3 is 2.56 bits per heavy atom. The van der Waals surface area contributed by atoms with Crippen LogP contribution in [-0.2, 0) is 6.54 Å². The molecule has 5 heteroatoms. The highest BCUT2D eigenvalue weighted by Crippen LogP contribution is 2.46. The molecular formula is C22H29FN4. The molecule has 6 rings (SSSR count). The van der Waals surface area contributed by atoms with Crippen LogP contribution >= 0.6 is 0 Å². The molecule has 5 heterocycles. The van der Waals surface area contributed by atoms with Gasteiger partial charge in [-0.25, -0.2) is 4.39 Å². The van der Waals surface area contributed by atoms with Crippen LogP contribution in [0.2, 0.25) is 0 Å². The number of fused-ring (bicyclic) bond motifs is 2. The molecule has 0 N–H and O–H groups in total. The van der Waals surface area contributed by atoms with Crippen molar-refractivity contribution in [2.24, 2.45) is 5.92 Å². The number of nitrogens with zero attached hydrogens (tertiary/aromatic N) is 4. The van der Waals surface area contributed by atoms with Gasteiger partial charge >= 0.3 is 0 Å². The van der Waals surface area contributed by atoms with Crippen LogP contribution in [0.15, 0.2) is 36.7 Å². The predicted molar refractivity (Wildman–Crippen MR) is 104 cm³/mol. The minimum Gasteiger partial charge on any atom is -0.298 e. The zero-order valence-corrected chi connectivity index (χ0v) is 16.1. The van der Waals surface area contributed by atoms with Crippen LogP contribution in [0.5, 0.6) is 0 Å². The molecule has 1 aromatic carbocycles. The first-order valence-electron chi connectivity index (χ1n) is 10.4. The number of aryl methyl sites for hydroxylation is 2. The van der Waals surface area contributed by atoms with Gasteiger partial charge in [-0.1, -0.05) is 12.1 Å². The number of halogens is 1. The fourth-order valence-electron chi connectivity index (χ4n) is 5.82. The van der Waals surface area contributed by atoms with E-state index in [-0.39, 0.29) is 5.82 Å². The van der Waals surface area contributed by atoms with E-state index in [2.05, 4.69) is 32.7 Å². The molecule has 4 saturated heterocycles. The van der Waals surface area contributed by atoms with Crippen LogP contribution in [0.3, 0.4) is 0 Å². The maximum absolute atomic E-state index is 13.4. The topological polar surface area (TPSA) is 24.3 Å². The minimum atomic E-state index is -0.134. The van der Waals surface area contributed by atoms with Crippen LogP contribution in [0, 0.1) is 18.7 Å². The summed E-state index contributed by atoms with van der Waals surface area (Å²) in [6, 6.07) is 8.55. The van der Waals surface area contributed by atoms with Crippen molar-refractivity contribution in [3.05, 3.63) is 53.6 Å². The number of benzene rings is 1. The summed E-state index contributed by atoms with van der Waals surface area (Å²) in [7, 11) is 0. The minimum absolute atomic E-state index is 0.134. The first-order valence-corrected chi connectivity index (χ1v) is 10.4. The Morgan fingerprint density at radius 1 is 1.07 bits per heavy atom. The van der Waals surface area contributed by atoms with Crippen molar-refractivity contribution in [2.75, 3.05) is 26.2 Å². The standard InChI is InChI=1S/C22H29FN4/c1-16-13-24-27(14-16)10-2-9-26-15-20(17-3-5-19(23)6-4-17)22-21(26)18-7-11-25(22)12-8-18/h3-6,13-14,18,20-22H,2,7-12,15H2,1H3/t20-,21+,22+/m1/s1. The summed E-state index contributed by atoms with van der Waals surface area (Å²) in [5.74, 6) is 1.20. The quantitative estimate of drug-likeness (QED) is 0.809. The summed E-state index contributed by atoms with van der Waals surface area (Å²) >= 11 is 0. The number of rotatable bonds is 5. The lowest BCUT2D eigenvalue weighted by Gasteiger charge is -2.51. The highest BCUT2D eigenvalue weighted by Gasteiger charge is 2.52. The average Bonchev–Trinajstić information content (AvgIpc) is 3.29. The van der Waals surface area contributed by atoms with Crippen molar-refractivity contribution in [1.29, 1.82) is 0 Å². The number of hydrogen-bond acceptors (Lipinski definition) is 3. The second-order valence-corrected chi connectivity index (χ2v) is 8.64. The Bertz CT molecular complexity index is 778. The molecular weight excluding hydrogens is 339 g/mol. The van der Waals surface area contributed by atoms with E-state index in [0.717, 1.165) is 32.0 Å². The monoisotopic (exact) mass is 368 g/mol. The number of hydrogen-bond donors (Lipinski definition) is 0. The van der Waals surface area contributed by atoms with E-state index in [1.807, 2.05) is 18.3 Å². The molecule has 0 saturated carbocycles. The molecule has 0 unspecified atom stereocenters. The van der Waals surface area contributed by atoms with E-state index < -0.39 is 0 Å². The van der Waals surface area contributed by atoms with Gasteiger partial charge in [-0.05, 0) is 68.5 Å². The second kappa shape index (κ2) is 7.02. The molecule has 0 radical (unpaired) electrons. The van der Waals surface area contributed by atoms with E-state index in [0.29, 0.717) is 18.0 Å². The van der Waals surface area contributed by atoms with Crippen LogP contribution in [0.4, 0.5) is 4.39 Å². The summed E-state index contributed by atoms with van der Waals surface area (Å²) in [6.07, 6.45) is 7.87. The molecule has 144 valence electrons. The number of likely N-dealkylation sites (tertiary alicyclic amines) is 1. The van der Waals surface area contributed by atoms with Crippen LogP contribution in [-0.4, -0.2) is 57.8 Å². The van der Waals surface area contributed by atoms with Crippen molar-refractivity contribution in [3.63, 3.8) is 0 Å². The Hall–Kier alpha value is -1.72. The molecule has 0 amide bonds. The normalized spacial score (nSPS) is 32.7. The lowest BCUT2D eigenvalue weighted by atomic mass is 9.75. The van der Waals surface area contributed by atoms with E-state index >= 15 is 0 Å². The molecule has 2 bridgehead atoms. The highest BCUT2D eigenvalue weighted by atomic mass is 19.1. The van der Waals surface area contributed by atoms with Gasteiger partial charge in [0.25, 0.3) is 0 Å². The number of piperidine rings is 3. The molecule has 0 spiro atoms. The maximum atomic E-state index is 13.4. The van der Waals surface area contributed by atoms with Crippen molar-refractivity contribution >= 4 is 0 Å². The van der Waals surface area contributed by atoms with E-state index in [1.54, 1.807) is 12.1 Å².